The molecule has 31 heavy (non-hydrogen) atoms. The van der Waals surface area contributed by atoms with Gasteiger partial charge in [-0.2, -0.15) is 0 Å². The number of halogens is 1. The molecule has 7 heteroatoms. The average Bonchev–Trinajstić information content (AvgIpc) is 3.14. The number of hydrogen-bond donors (Lipinski definition) is 1. The van der Waals surface area contributed by atoms with Crippen LogP contribution in [-0.4, -0.2) is 22.6 Å². The Morgan fingerprint density at radius 2 is 1.77 bits per heavy atom. The summed E-state index contributed by atoms with van der Waals surface area (Å²) in [6.07, 6.45) is 0. The van der Waals surface area contributed by atoms with Crippen molar-refractivity contribution in [3.8, 4) is 11.5 Å². The van der Waals surface area contributed by atoms with E-state index < -0.39 is 0 Å². The molecule has 0 unspecified atom stereocenters. The Bertz CT molecular complexity index is 1190. The number of para-hydroxylation sites is 3. The van der Waals surface area contributed by atoms with E-state index in [0.29, 0.717) is 23.1 Å². The SMILES string of the molecule is COc1ccccc1CNC(=O)Cn1c(COc2ccc(Cl)cc2)nc2ccccc21. The molecule has 1 N–H and O–H groups in total. The summed E-state index contributed by atoms with van der Waals surface area (Å²) in [4.78, 5) is 17.4. The first-order valence-corrected chi connectivity index (χ1v) is 10.2. The predicted molar refractivity (Wildman–Crippen MR) is 120 cm³/mol. The molecule has 4 rings (SSSR count). The minimum absolute atomic E-state index is 0.123. The molecule has 6 nitrogen and oxygen atoms in total. The van der Waals surface area contributed by atoms with Gasteiger partial charge in [0.1, 0.15) is 30.5 Å². The molecule has 0 spiro atoms. The van der Waals surface area contributed by atoms with E-state index in [1.54, 1.807) is 31.4 Å². The predicted octanol–water partition coefficient (Wildman–Crippen LogP) is 4.59. The van der Waals surface area contributed by atoms with E-state index in [4.69, 9.17) is 21.1 Å². The Kier molecular flexibility index (Phi) is 6.38. The number of amides is 1. The van der Waals surface area contributed by atoms with Gasteiger partial charge in [-0.25, -0.2) is 4.98 Å². The lowest BCUT2D eigenvalue weighted by Crippen LogP contribution is -2.28. The normalized spacial score (nSPS) is 10.8. The highest BCUT2D eigenvalue weighted by molar-refractivity contribution is 6.30. The van der Waals surface area contributed by atoms with Gasteiger partial charge < -0.3 is 19.4 Å². The Morgan fingerprint density at radius 1 is 1.03 bits per heavy atom. The molecular formula is C24H22ClN3O3. The highest BCUT2D eigenvalue weighted by Gasteiger charge is 2.14. The summed E-state index contributed by atoms with van der Waals surface area (Å²) in [6, 6.07) is 22.5. The first-order chi connectivity index (χ1) is 15.1. The van der Waals surface area contributed by atoms with Crippen LogP contribution >= 0.6 is 11.6 Å². The quantitative estimate of drug-likeness (QED) is 0.439. The van der Waals surface area contributed by atoms with Crippen LogP contribution in [-0.2, 0) is 24.5 Å². The molecule has 0 saturated heterocycles. The maximum Gasteiger partial charge on any atom is 0.240 e. The fourth-order valence-electron chi connectivity index (χ4n) is 3.33. The van der Waals surface area contributed by atoms with Crippen molar-refractivity contribution < 1.29 is 14.3 Å². The molecule has 1 aromatic heterocycles. The molecule has 0 aliphatic carbocycles. The number of benzene rings is 3. The Hall–Kier alpha value is -3.51. The van der Waals surface area contributed by atoms with Crippen LogP contribution in [0.4, 0.5) is 0 Å². The van der Waals surface area contributed by atoms with Gasteiger partial charge in [0.2, 0.25) is 5.91 Å². The highest BCUT2D eigenvalue weighted by atomic mass is 35.5. The van der Waals surface area contributed by atoms with Gasteiger partial charge in [-0.05, 0) is 42.5 Å². The van der Waals surface area contributed by atoms with Crippen molar-refractivity contribution in [2.24, 2.45) is 0 Å². The molecule has 1 amide bonds. The summed E-state index contributed by atoms with van der Waals surface area (Å²) < 4.78 is 13.1. The number of carbonyl (C=O) groups excluding carboxylic acids is 1. The van der Waals surface area contributed by atoms with Gasteiger partial charge in [0.05, 0.1) is 18.1 Å². The zero-order valence-electron chi connectivity index (χ0n) is 17.0. The largest absolute Gasteiger partial charge is 0.496 e. The van der Waals surface area contributed by atoms with Crippen molar-refractivity contribution in [2.75, 3.05) is 7.11 Å². The fraction of sp³-hybridized carbons (Fsp3) is 0.167. The number of ether oxygens (including phenoxy) is 2. The number of carbonyl (C=O) groups is 1. The number of fused-ring (bicyclic) bond motifs is 1. The molecule has 0 atom stereocenters. The topological polar surface area (TPSA) is 65.4 Å². The van der Waals surface area contributed by atoms with Crippen molar-refractivity contribution in [1.82, 2.24) is 14.9 Å². The number of methoxy groups -OCH3 is 1. The molecule has 0 bridgehead atoms. The number of nitrogens with zero attached hydrogens (tertiary/aromatic N) is 2. The van der Waals surface area contributed by atoms with Gasteiger partial charge in [-0.3, -0.25) is 4.79 Å². The second-order valence-electron chi connectivity index (χ2n) is 6.93. The third-order valence-corrected chi connectivity index (χ3v) is 5.14. The van der Waals surface area contributed by atoms with Gasteiger partial charge in [0.15, 0.2) is 0 Å². The van der Waals surface area contributed by atoms with Crippen LogP contribution in [0.1, 0.15) is 11.4 Å². The molecule has 0 aliphatic heterocycles. The van der Waals surface area contributed by atoms with E-state index in [2.05, 4.69) is 10.3 Å². The standard InChI is InChI=1S/C24H22ClN3O3/c1-30-22-9-5-2-6-17(22)14-26-24(29)15-28-21-8-4-3-7-20(21)27-23(28)16-31-19-12-10-18(25)11-13-19/h2-13H,14-16H2,1H3,(H,26,29). The van der Waals surface area contributed by atoms with Gasteiger partial charge in [0, 0.05) is 17.1 Å². The summed E-state index contributed by atoms with van der Waals surface area (Å²) >= 11 is 5.93. The molecule has 0 saturated carbocycles. The first kappa shape index (κ1) is 20.8. The molecule has 0 fully saturated rings. The van der Waals surface area contributed by atoms with E-state index >= 15 is 0 Å². The third-order valence-electron chi connectivity index (χ3n) is 4.89. The van der Waals surface area contributed by atoms with E-state index in [1.807, 2.05) is 53.1 Å². The van der Waals surface area contributed by atoms with Crippen molar-refractivity contribution in [1.29, 1.82) is 0 Å². The Morgan fingerprint density at radius 3 is 2.58 bits per heavy atom. The van der Waals surface area contributed by atoms with Crippen LogP contribution in [0.2, 0.25) is 5.02 Å². The molecule has 0 radical (unpaired) electrons. The minimum atomic E-state index is -0.123. The second-order valence-corrected chi connectivity index (χ2v) is 7.37. The maximum atomic E-state index is 12.7. The number of aromatic nitrogens is 2. The van der Waals surface area contributed by atoms with E-state index in [1.165, 1.54) is 0 Å². The summed E-state index contributed by atoms with van der Waals surface area (Å²) in [5.74, 6) is 1.97. The molecule has 1 heterocycles. The molecule has 0 aliphatic rings. The van der Waals surface area contributed by atoms with Crippen LogP contribution in [0.3, 0.4) is 0 Å². The van der Waals surface area contributed by atoms with Crippen LogP contribution in [0.25, 0.3) is 11.0 Å². The zero-order valence-corrected chi connectivity index (χ0v) is 17.8. The van der Waals surface area contributed by atoms with E-state index in [-0.39, 0.29) is 19.1 Å². The molecule has 3 aromatic carbocycles. The molecule has 158 valence electrons. The zero-order chi connectivity index (χ0) is 21.6. The monoisotopic (exact) mass is 435 g/mol. The van der Waals surface area contributed by atoms with Crippen LogP contribution < -0.4 is 14.8 Å². The third kappa shape index (κ3) is 4.98. The number of hydrogen-bond acceptors (Lipinski definition) is 4. The van der Waals surface area contributed by atoms with Gasteiger partial charge in [0.25, 0.3) is 0 Å². The number of imidazole rings is 1. The second kappa shape index (κ2) is 9.53. The van der Waals surface area contributed by atoms with Crippen LogP contribution in [0.15, 0.2) is 72.8 Å². The lowest BCUT2D eigenvalue weighted by atomic mass is 10.2. The molecular weight excluding hydrogens is 414 g/mol. The van der Waals surface area contributed by atoms with Crippen LogP contribution in [0, 0.1) is 0 Å². The highest BCUT2D eigenvalue weighted by Crippen LogP contribution is 2.20. The van der Waals surface area contributed by atoms with Crippen molar-refractivity contribution in [3.05, 3.63) is 89.2 Å². The van der Waals surface area contributed by atoms with Crippen molar-refractivity contribution in [2.45, 2.75) is 19.7 Å². The smallest absolute Gasteiger partial charge is 0.240 e. The first-order valence-electron chi connectivity index (χ1n) is 9.85. The maximum absolute atomic E-state index is 12.7. The Labute approximate surface area is 185 Å². The summed E-state index contributed by atoms with van der Waals surface area (Å²) in [7, 11) is 1.62. The summed E-state index contributed by atoms with van der Waals surface area (Å²) in [5, 5.41) is 3.61. The van der Waals surface area contributed by atoms with E-state index in [0.717, 1.165) is 22.3 Å². The van der Waals surface area contributed by atoms with Crippen molar-refractivity contribution in [3.63, 3.8) is 0 Å². The minimum Gasteiger partial charge on any atom is -0.496 e. The number of nitrogens with one attached hydrogen (secondary N) is 1. The van der Waals surface area contributed by atoms with Crippen LogP contribution in [0.5, 0.6) is 11.5 Å². The average molecular weight is 436 g/mol. The van der Waals surface area contributed by atoms with Gasteiger partial charge >= 0.3 is 0 Å². The fourth-order valence-corrected chi connectivity index (χ4v) is 3.46. The molecule has 4 aromatic rings. The number of rotatable bonds is 8. The lowest BCUT2D eigenvalue weighted by molar-refractivity contribution is -0.121. The van der Waals surface area contributed by atoms with E-state index in [9.17, 15) is 4.79 Å². The summed E-state index contributed by atoms with van der Waals surface area (Å²) in [6.45, 7) is 0.747. The summed E-state index contributed by atoms with van der Waals surface area (Å²) in [5.41, 5.74) is 2.61. The Balaban J connectivity index is 1.49. The van der Waals surface area contributed by atoms with Crippen molar-refractivity contribution >= 4 is 28.5 Å². The lowest BCUT2D eigenvalue weighted by Gasteiger charge is -2.12. The van der Waals surface area contributed by atoms with Gasteiger partial charge in [-0.1, -0.05) is 41.9 Å². The van der Waals surface area contributed by atoms with Gasteiger partial charge in [-0.15, -0.1) is 0 Å².